The number of sulfonamides is 1. The Morgan fingerprint density at radius 3 is 2.23 bits per heavy atom. The van der Waals surface area contributed by atoms with Crippen molar-refractivity contribution < 1.29 is 13.2 Å². The van der Waals surface area contributed by atoms with Gasteiger partial charge in [0.25, 0.3) is 5.91 Å². The van der Waals surface area contributed by atoms with Gasteiger partial charge < -0.3 is 0 Å². The molecule has 0 spiro atoms. The van der Waals surface area contributed by atoms with Gasteiger partial charge in [-0.25, -0.2) is 24.1 Å². The van der Waals surface area contributed by atoms with Crippen molar-refractivity contribution in [2.45, 2.75) is 4.90 Å². The summed E-state index contributed by atoms with van der Waals surface area (Å²) in [6, 6.07) is 12.6. The maximum atomic E-state index is 12.1. The van der Waals surface area contributed by atoms with Crippen molar-refractivity contribution in [3.63, 3.8) is 0 Å². The number of nitrogens with two attached hydrogens (primary N) is 2. The predicted octanol–water partition coefficient (Wildman–Crippen LogP) is 1.44. The Kier molecular flexibility index (Phi) is 4.79. The first-order valence-electron chi connectivity index (χ1n) is 7.29. The zero-order valence-electron chi connectivity index (χ0n) is 13.3. The van der Waals surface area contributed by atoms with E-state index in [1.807, 2.05) is 0 Å². The third-order valence-corrected chi connectivity index (χ3v) is 4.82. The number of nitrogens with zero attached hydrogens (tertiary/aromatic N) is 2. The summed E-state index contributed by atoms with van der Waals surface area (Å²) >= 11 is 5.90. The van der Waals surface area contributed by atoms with Crippen molar-refractivity contribution in [1.82, 2.24) is 15.2 Å². The van der Waals surface area contributed by atoms with Gasteiger partial charge in [-0.2, -0.15) is 5.10 Å². The van der Waals surface area contributed by atoms with Crippen LogP contribution < -0.4 is 16.4 Å². The van der Waals surface area contributed by atoms with Crippen molar-refractivity contribution in [3.05, 3.63) is 65.3 Å². The molecule has 1 heterocycles. The van der Waals surface area contributed by atoms with E-state index in [0.717, 1.165) is 0 Å². The second kappa shape index (κ2) is 6.89. The van der Waals surface area contributed by atoms with Crippen LogP contribution in [0.2, 0.25) is 5.02 Å². The smallest absolute Gasteiger partial charge is 0.269 e. The maximum absolute atomic E-state index is 12.1. The van der Waals surface area contributed by atoms with Crippen molar-refractivity contribution in [2.75, 3.05) is 0 Å². The van der Waals surface area contributed by atoms with E-state index in [2.05, 4.69) is 10.5 Å². The van der Waals surface area contributed by atoms with Crippen LogP contribution in [-0.4, -0.2) is 24.1 Å². The molecule has 8 nitrogen and oxygen atoms in total. The van der Waals surface area contributed by atoms with Crippen LogP contribution in [0.4, 0.5) is 0 Å². The molecule has 134 valence electrons. The molecular weight excluding hydrogens is 378 g/mol. The molecule has 0 aliphatic rings. The number of amides is 1. The van der Waals surface area contributed by atoms with E-state index in [9.17, 15) is 13.2 Å². The van der Waals surface area contributed by atoms with Gasteiger partial charge >= 0.3 is 0 Å². The maximum Gasteiger partial charge on any atom is 0.269 e. The molecule has 0 fully saturated rings. The zero-order valence-corrected chi connectivity index (χ0v) is 14.8. The summed E-state index contributed by atoms with van der Waals surface area (Å²) < 4.78 is 24.2. The van der Waals surface area contributed by atoms with Crippen molar-refractivity contribution in [3.8, 4) is 16.9 Å². The molecule has 3 aromatic rings. The Balaban J connectivity index is 2.09. The van der Waals surface area contributed by atoms with Gasteiger partial charge in [0.15, 0.2) is 0 Å². The minimum Gasteiger partial charge on any atom is -0.290 e. The van der Waals surface area contributed by atoms with E-state index < -0.39 is 15.9 Å². The Labute approximate surface area is 154 Å². The summed E-state index contributed by atoms with van der Waals surface area (Å²) in [7, 11) is -3.79. The van der Waals surface area contributed by atoms with Gasteiger partial charge in [-0.15, -0.1) is 0 Å². The molecule has 5 N–H and O–H groups in total. The van der Waals surface area contributed by atoms with Crippen molar-refractivity contribution in [1.29, 1.82) is 0 Å². The fourth-order valence-electron chi connectivity index (χ4n) is 2.36. The van der Waals surface area contributed by atoms with E-state index >= 15 is 0 Å². The standard InChI is InChI=1S/C16H14ClN5O3S/c17-11-3-1-10(2-4-11)15-14(16(23)20-18)9-22(21-15)12-5-7-13(8-6-12)26(19,24)25/h1-9H,18H2,(H,20,23)(H2,19,24,25). The summed E-state index contributed by atoms with van der Waals surface area (Å²) in [5, 5.41) is 10.1. The molecule has 0 bridgehead atoms. The molecule has 0 radical (unpaired) electrons. The first kappa shape index (κ1) is 18.1. The number of aromatic nitrogens is 2. The Hall–Kier alpha value is -2.72. The third kappa shape index (κ3) is 3.60. The first-order valence-corrected chi connectivity index (χ1v) is 9.22. The fourth-order valence-corrected chi connectivity index (χ4v) is 3.00. The molecule has 0 aliphatic heterocycles. The van der Waals surface area contributed by atoms with Crippen LogP contribution in [0.5, 0.6) is 0 Å². The molecule has 26 heavy (non-hydrogen) atoms. The topological polar surface area (TPSA) is 133 Å². The fraction of sp³-hybridized carbons (Fsp3) is 0. The number of benzene rings is 2. The second-order valence-electron chi connectivity index (χ2n) is 5.36. The molecular formula is C16H14ClN5O3S. The van der Waals surface area contributed by atoms with Gasteiger partial charge in [0, 0.05) is 16.8 Å². The third-order valence-electron chi connectivity index (χ3n) is 3.64. The van der Waals surface area contributed by atoms with Crippen molar-refractivity contribution >= 4 is 27.5 Å². The van der Waals surface area contributed by atoms with Crippen molar-refractivity contribution in [2.24, 2.45) is 11.0 Å². The lowest BCUT2D eigenvalue weighted by Gasteiger charge is -2.03. The lowest BCUT2D eigenvalue weighted by atomic mass is 10.1. The monoisotopic (exact) mass is 391 g/mol. The van der Waals surface area contributed by atoms with Gasteiger partial charge in [-0.3, -0.25) is 10.2 Å². The molecule has 2 aromatic carbocycles. The summed E-state index contributed by atoms with van der Waals surface area (Å²) in [5.74, 6) is 4.74. The van der Waals surface area contributed by atoms with Gasteiger partial charge in [-0.1, -0.05) is 23.7 Å². The molecule has 0 atom stereocenters. The second-order valence-corrected chi connectivity index (χ2v) is 7.35. The highest BCUT2D eigenvalue weighted by Gasteiger charge is 2.18. The number of rotatable bonds is 4. The number of carbonyl (C=O) groups excluding carboxylic acids is 1. The number of hydrogen-bond donors (Lipinski definition) is 3. The van der Waals surface area contributed by atoms with E-state index in [1.54, 1.807) is 24.3 Å². The highest BCUT2D eigenvalue weighted by atomic mass is 35.5. The Morgan fingerprint density at radius 2 is 1.69 bits per heavy atom. The van der Waals surface area contributed by atoms with Crippen LogP contribution in [0, 0.1) is 0 Å². The van der Waals surface area contributed by atoms with Crippen LogP contribution in [0.25, 0.3) is 16.9 Å². The number of primary sulfonamides is 1. The number of hydrogen-bond acceptors (Lipinski definition) is 5. The van der Waals surface area contributed by atoms with Crippen LogP contribution >= 0.6 is 11.6 Å². The van der Waals surface area contributed by atoms with E-state index in [0.29, 0.717) is 22.0 Å². The van der Waals surface area contributed by atoms with Crippen LogP contribution in [0.15, 0.2) is 59.6 Å². The summed E-state index contributed by atoms with van der Waals surface area (Å²) in [4.78, 5) is 12.1. The van der Waals surface area contributed by atoms with Gasteiger partial charge in [0.1, 0.15) is 5.69 Å². The van der Waals surface area contributed by atoms with Gasteiger partial charge in [0.05, 0.1) is 16.1 Å². The highest BCUT2D eigenvalue weighted by molar-refractivity contribution is 7.89. The number of hydrazine groups is 1. The summed E-state index contributed by atoms with van der Waals surface area (Å²) in [6.07, 6.45) is 1.50. The number of nitrogen functional groups attached to an aromatic ring is 1. The van der Waals surface area contributed by atoms with E-state index in [1.165, 1.54) is 35.1 Å². The number of halogens is 1. The largest absolute Gasteiger partial charge is 0.290 e. The minimum atomic E-state index is -3.79. The lowest BCUT2D eigenvalue weighted by Crippen LogP contribution is -2.30. The lowest BCUT2D eigenvalue weighted by molar-refractivity contribution is 0.0954. The quantitative estimate of drug-likeness (QED) is 0.351. The number of nitrogens with one attached hydrogen (secondary N) is 1. The van der Waals surface area contributed by atoms with Crippen LogP contribution in [0.3, 0.4) is 0 Å². The molecule has 0 aliphatic carbocycles. The highest BCUT2D eigenvalue weighted by Crippen LogP contribution is 2.25. The summed E-state index contributed by atoms with van der Waals surface area (Å²) in [5.41, 5.74) is 3.96. The molecule has 10 heteroatoms. The van der Waals surface area contributed by atoms with Crippen LogP contribution in [0.1, 0.15) is 10.4 Å². The average molecular weight is 392 g/mol. The first-order chi connectivity index (χ1) is 12.3. The molecule has 0 saturated carbocycles. The van der Waals surface area contributed by atoms with Crippen LogP contribution in [-0.2, 0) is 10.0 Å². The number of carbonyl (C=O) groups is 1. The summed E-state index contributed by atoms with van der Waals surface area (Å²) in [6.45, 7) is 0. The normalized spacial score (nSPS) is 11.3. The molecule has 3 rings (SSSR count). The Morgan fingerprint density at radius 1 is 1.08 bits per heavy atom. The van der Waals surface area contributed by atoms with E-state index in [-0.39, 0.29) is 10.5 Å². The molecule has 0 saturated heterocycles. The Bertz CT molecular complexity index is 1060. The minimum absolute atomic E-state index is 0.0220. The van der Waals surface area contributed by atoms with E-state index in [4.69, 9.17) is 22.6 Å². The van der Waals surface area contributed by atoms with Gasteiger partial charge in [-0.05, 0) is 36.4 Å². The zero-order chi connectivity index (χ0) is 18.9. The molecule has 0 unspecified atom stereocenters. The predicted molar refractivity (Wildman–Crippen MR) is 97.0 cm³/mol. The molecule has 1 amide bonds. The SMILES string of the molecule is NNC(=O)c1cn(-c2ccc(S(N)(=O)=O)cc2)nc1-c1ccc(Cl)cc1. The van der Waals surface area contributed by atoms with Gasteiger partial charge in [0.2, 0.25) is 10.0 Å². The molecule has 1 aromatic heterocycles. The average Bonchev–Trinajstić information content (AvgIpc) is 3.06.